The number of hydrogen-bond donors (Lipinski definition) is 0. The molecule has 0 amide bonds. The van der Waals surface area contributed by atoms with Gasteiger partial charge in [-0.25, -0.2) is 4.79 Å². The highest BCUT2D eigenvalue weighted by Gasteiger charge is 2.42. The van der Waals surface area contributed by atoms with Crippen molar-refractivity contribution in [2.45, 2.75) is 85.0 Å². The summed E-state index contributed by atoms with van der Waals surface area (Å²) in [6.07, 6.45) is 8.95. The average molecular weight is 361 g/mol. The van der Waals surface area contributed by atoms with Crippen LogP contribution in [-0.2, 0) is 22.8 Å². The number of rotatable bonds is 16. The van der Waals surface area contributed by atoms with E-state index < -0.39 is 21.1 Å². The maximum Gasteiger partial charge on any atom is 0.503 e. The van der Waals surface area contributed by atoms with Crippen molar-refractivity contribution in [1.29, 1.82) is 0 Å². The molecule has 1 unspecified atom stereocenters. The minimum atomic E-state index is -2.83. The molecule has 0 N–H and O–H groups in total. The molecule has 0 spiro atoms. The highest BCUT2D eigenvalue weighted by Crippen LogP contribution is 2.23. The van der Waals surface area contributed by atoms with Crippen LogP contribution in [0.5, 0.6) is 0 Å². The van der Waals surface area contributed by atoms with Crippen LogP contribution in [0.2, 0.25) is 6.04 Å². The molecule has 0 aliphatic heterocycles. The zero-order chi connectivity index (χ0) is 18.3. The summed E-state index contributed by atoms with van der Waals surface area (Å²) in [5, 5.41) is 0. The topological polar surface area (TPSA) is 54.0 Å². The summed E-state index contributed by atoms with van der Waals surface area (Å²) in [6, 6.07) is 0.748. The van der Waals surface area contributed by atoms with Crippen molar-refractivity contribution in [2.75, 3.05) is 13.2 Å². The Labute approximate surface area is 149 Å². The van der Waals surface area contributed by atoms with E-state index in [1.165, 1.54) is 32.1 Å². The van der Waals surface area contributed by atoms with E-state index >= 15 is 0 Å². The fraction of sp³-hybridized carbons (Fsp3) is 0.833. The van der Waals surface area contributed by atoms with Crippen molar-refractivity contribution in [2.24, 2.45) is 0 Å². The highest BCUT2D eigenvalue weighted by atomic mass is 28.4. The molecule has 0 saturated heterocycles. The van der Waals surface area contributed by atoms with E-state index in [9.17, 15) is 4.79 Å². The molecule has 0 aliphatic rings. The van der Waals surface area contributed by atoms with Gasteiger partial charge in [-0.2, -0.15) is 0 Å². The molecule has 24 heavy (non-hydrogen) atoms. The molecule has 0 saturated carbocycles. The van der Waals surface area contributed by atoms with Gasteiger partial charge in [0, 0.05) is 25.3 Å². The van der Waals surface area contributed by atoms with E-state index in [1.54, 1.807) is 6.92 Å². The number of unbranched alkanes of at least 4 members (excludes halogenated alkanes) is 6. The second-order valence-corrected chi connectivity index (χ2v) is 8.43. The van der Waals surface area contributed by atoms with Gasteiger partial charge in [-0.3, -0.25) is 0 Å². The van der Waals surface area contributed by atoms with E-state index in [4.69, 9.17) is 18.0 Å². The Bertz CT molecular complexity index is 329. The predicted octanol–water partition coefficient (Wildman–Crippen LogP) is 4.84. The van der Waals surface area contributed by atoms with E-state index in [0.717, 1.165) is 25.0 Å². The third kappa shape index (κ3) is 11.0. The van der Waals surface area contributed by atoms with Gasteiger partial charge in [-0.15, -0.1) is 0 Å². The Kier molecular flexibility index (Phi) is 14.2. The third-order valence-corrected chi connectivity index (χ3v) is 6.72. The van der Waals surface area contributed by atoms with Gasteiger partial charge in [0.2, 0.25) is 0 Å². The minimum Gasteiger partial charge on any atom is -0.434 e. The molecule has 0 rings (SSSR count). The lowest BCUT2D eigenvalue weighted by Crippen LogP contribution is -2.48. The molecule has 0 aliphatic carbocycles. The largest absolute Gasteiger partial charge is 0.503 e. The van der Waals surface area contributed by atoms with Gasteiger partial charge in [0.15, 0.2) is 6.29 Å². The first-order chi connectivity index (χ1) is 11.5. The molecule has 0 aromatic heterocycles. The lowest BCUT2D eigenvalue weighted by molar-refractivity contribution is -0.161. The first-order valence-electron chi connectivity index (χ1n) is 9.32. The van der Waals surface area contributed by atoms with Crippen LogP contribution in [0.15, 0.2) is 12.7 Å². The predicted molar refractivity (Wildman–Crippen MR) is 98.6 cm³/mol. The number of carbonyl (C=O) groups is 1. The van der Waals surface area contributed by atoms with Crippen LogP contribution in [0.4, 0.5) is 0 Å². The summed E-state index contributed by atoms with van der Waals surface area (Å²) in [7, 11) is -2.83. The van der Waals surface area contributed by atoms with Crippen LogP contribution in [0.1, 0.15) is 72.6 Å². The summed E-state index contributed by atoms with van der Waals surface area (Å²) in [4.78, 5) is 11.3. The van der Waals surface area contributed by atoms with Crippen LogP contribution < -0.4 is 0 Å². The summed E-state index contributed by atoms with van der Waals surface area (Å²) in [5.41, 5.74) is 0. The van der Waals surface area contributed by atoms with Gasteiger partial charge in [0.25, 0.3) is 0 Å². The van der Waals surface area contributed by atoms with Crippen LogP contribution in [0, 0.1) is 0 Å². The van der Waals surface area contributed by atoms with Crippen LogP contribution in [-0.4, -0.2) is 34.3 Å². The Morgan fingerprint density at radius 1 is 1.00 bits per heavy atom. The fourth-order valence-electron chi connectivity index (χ4n) is 2.54. The van der Waals surface area contributed by atoms with Crippen LogP contribution >= 0.6 is 0 Å². The molecule has 5 nitrogen and oxygen atoms in total. The van der Waals surface area contributed by atoms with Crippen LogP contribution in [0.3, 0.4) is 0 Å². The maximum atomic E-state index is 11.3. The van der Waals surface area contributed by atoms with E-state index in [1.807, 2.05) is 13.8 Å². The summed E-state index contributed by atoms with van der Waals surface area (Å²) in [6.45, 7) is 12.2. The zero-order valence-corrected chi connectivity index (χ0v) is 17.0. The van der Waals surface area contributed by atoms with Crippen molar-refractivity contribution in [3.05, 3.63) is 12.7 Å². The molecule has 0 aromatic rings. The minimum absolute atomic E-state index is 0.505. The van der Waals surface area contributed by atoms with Crippen molar-refractivity contribution >= 4 is 14.8 Å². The number of hydrogen-bond acceptors (Lipinski definition) is 5. The van der Waals surface area contributed by atoms with E-state index in [0.29, 0.717) is 13.2 Å². The van der Waals surface area contributed by atoms with Gasteiger partial charge in [0.1, 0.15) is 0 Å². The van der Waals surface area contributed by atoms with Crippen molar-refractivity contribution in [1.82, 2.24) is 0 Å². The quantitative estimate of drug-likeness (QED) is 0.130. The molecule has 0 heterocycles. The van der Waals surface area contributed by atoms with Crippen LogP contribution in [0.25, 0.3) is 0 Å². The standard InChI is InChI=1S/C18H36O5Si/c1-6-10-11-12-13-14-15-16-24(20-8-3,21-9-4)23-17(5)22-18(19)7-2/h7,17H,2,6,8-16H2,1,3-5H3. The van der Waals surface area contributed by atoms with Gasteiger partial charge < -0.3 is 18.0 Å². The fourth-order valence-corrected chi connectivity index (χ4v) is 5.28. The third-order valence-electron chi connectivity index (χ3n) is 3.61. The molecule has 0 aromatic carbocycles. The Hall–Kier alpha value is -0.693. The second-order valence-electron chi connectivity index (χ2n) is 5.75. The van der Waals surface area contributed by atoms with Gasteiger partial charge >= 0.3 is 14.8 Å². The summed E-state index contributed by atoms with van der Waals surface area (Å²) in [5.74, 6) is -0.505. The summed E-state index contributed by atoms with van der Waals surface area (Å²) >= 11 is 0. The Morgan fingerprint density at radius 2 is 1.54 bits per heavy atom. The first kappa shape index (κ1) is 23.3. The monoisotopic (exact) mass is 360 g/mol. The molecule has 0 bridgehead atoms. The Balaban J connectivity index is 4.46. The maximum absolute atomic E-state index is 11.3. The summed E-state index contributed by atoms with van der Waals surface area (Å²) < 4.78 is 22.8. The first-order valence-corrected chi connectivity index (χ1v) is 11.3. The number of esters is 1. The lowest BCUT2D eigenvalue weighted by Gasteiger charge is -2.31. The van der Waals surface area contributed by atoms with E-state index in [-0.39, 0.29) is 0 Å². The lowest BCUT2D eigenvalue weighted by atomic mass is 10.1. The molecule has 1 atom stereocenters. The normalized spacial score (nSPS) is 12.8. The van der Waals surface area contributed by atoms with Crippen molar-refractivity contribution in [3.63, 3.8) is 0 Å². The average Bonchev–Trinajstić information content (AvgIpc) is 2.54. The molecule has 142 valence electrons. The van der Waals surface area contributed by atoms with Gasteiger partial charge in [-0.1, -0.05) is 52.0 Å². The molecular formula is C18H36O5Si. The van der Waals surface area contributed by atoms with Gasteiger partial charge in [-0.05, 0) is 27.2 Å². The smallest absolute Gasteiger partial charge is 0.434 e. The Morgan fingerprint density at radius 3 is 2.04 bits per heavy atom. The second kappa shape index (κ2) is 14.6. The number of ether oxygens (including phenoxy) is 1. The number of carbonyl (C=O) groups excluding carboxylic acids is 1. The SMILES string of the molecule is C=CC(=O)OC(C)O[Si](CCCCCCCCC)(OCC)OCC. The van der Waals surface area contributed by atoms with Crippen molar-refractivity contribution in [3.8, 4) is 0 Å². The molecular weight excluding hydrogens is 324 g/mol. The zero-order valence-electron chi connectivity index (χ0n) is 16.0. The molecule has 0 fully saturated rings. The highest BCUT2D eigenvalue weighted by molar-refractivity contribution is 6.60. The molecule has 6 heteroatoms. The van der Waals surface area contributed by atoms with Crippen molar-refractivity contribution < 1.29 is 22.8 Å². The molecule has 0 radical (unpaired) electrons. The van der Waals surface area contributed by atoms with E-state index in [2.05, 4.69) is 13.5 Å². The van der Waals surface area contributed by atoms with Gasteiger partial charge in [0.05, 0.1) is 0 Å².